The first-order valence-electron chi connectivity index (χ1n) is 9.39. The second kappa shape index (κ2) is 6.40. The summed E-state index contributed by atoms with van der Waals surface area (Å²) in [6.45, 7) is 13.7. The van der Waals surface area contributed by atoms with Crippen molar-refractivity contribution in [1.82, 2.24) is 19.6 Å². The molecule has 0 radical (unpaired) electrons. The minimum Gasteiger partial charge on any atom is -0.389 e. The van der Waals surface area contributed by atoms with Crippen LogP contribution < -0.4 is 0 Å². The fourth-order valence-corrected chi connectivity index (χ4v) is 3.53. The molecule has 6 nitrogen and oxygen atoms in total. The van der Waals surface area contributed by atoms with Crippen LogP contribution in [0.1, 0.15) is 69.6 Å². The molecule has 1 saturated carbocycles. The molecule has 2 heterocycles. The molecule has 0 bridgehead atoms. The van der Waals surface area contributed by atoms with E-state index in [4.69, 9.17) is 0 Å². The third-order valence-corrected chi connectivity index (χ3v) is 4.86. The third kappa shape index (κ3) is 4.42. The SMILES string of the molecule is CC(C)(O)CN1CCN(C(=O)c2cc(C3CC3)n(C(C)(C)C)n2)CC1. The van der Waals surface area contributed by atoms with E-state index in [-0.39, 0.29) is 11.4 Å². The fourth-order valence-electron chi connectivity index (χ4n) is 3.53. The number of hydrogen-bond acceptors (Lipinski definition) is 4. The molecule has 1 aromatic heterocycles. The van der Waals surface area contributed by atoms with Crippen molar-refractivity contribution >= 4 is 5.91 Å². The van der Waals surface area contributed by atoms with Crippen molar-refractivity contribution < 1.29 is 9.90 Å². The number of aliphatic hydroxyl groups is 1. The van der Waals surface area contributed by atoms with Gasteiger partial charge in [-0.25, -0.2) is 0 Å². The molecule has 1 aliphatic carbocycles. The minimum atomic E-state index is -0.698. The number of rotatable bonds is 4. The maximum Gasteiger partial charge on any atom is 0.274 e. The molecule has 0 aromatic carbocycles. The summed E-state index contributed by atoms with van der Waals surface area (Å²) in [5, 5.41) is 14.6. The zero-order chi connectivity index (χ0) is 18.4. The molecule has 3 rings (SSSR count). The standard InChI is InChI=1S/C19H32N4O2/c1-18(2,3)23-16(14-6-7-14)12-15(20-23)17(24)22-10-8-21(9-11-22)13-19(4,5)25/h12,14,25H,6-11,13H2,1-5H3. The Morgan fingerprint density at radius 1 is 1.16 bits per heavy atom. The average Bonchev–Trinajstić information content (AvgIpc) is 3.23. The second-order valence-electron chi connectivity index (χ2n) is 9.19. The Hall–Kier alpha value is -1.40. The van der Waals surface area contributed by atoms with Gasteiger partial charge in [0.25, 0.3) is 5.91 Å². The first-order chi connectivity index (χ1) is 11.5. The third-order valence-electron chi connectivity index (χ3n) is 4.86. The fraction of sp³-hybridized carbons (Fsp3) is 0.789. The Bertz CT molecular complexity index is 627. The molecule has 1 N–H and O–H groups in total. The smallest absolute Gasteiger partial charge is 0.274 e. The summed E-state index contributed by atoms with van der Waals surface area (Å²) in [7, 11) is 0. The zero-order valence-corrected chi connectivity index (χ0v) is 16.2. The van der Waals surface area contributed by atoms with Crippen LogP contribution in [0.4, 0.5) is 0 Å². The lowest BCUT2D eigenvalue weighted by molar-refractivity contribution is 0.0177. The Morgan fingerprint density at radius 2 is 1.76 bits per heavy atom. The van der Waals surface area contributed by atoms with Crippen LogP contribution in [0.25, 0.3) is 0 Å². The lowest BCUT2D eigenvalue weighted by atomic mass is 10.1. The molecule has 2 fully saturated rings. The molecule has 2 aliphatic rings. The molecule has 0 spiro atoms. The van der Waals surface area contributed by atoms with E-state index in [0.29, 0.717) is 31.2 Å². The van der Waals surface area contributed by atoms with Crippen LogP contribution in [0, 0.1) is 0 Å². The van der Waals surface area contributed by atoms with E-state index in [9.17, 15) is 9.90 Å². The first-order valence-corrected chi connectivity index (χ1v) is 9.39. The number of piperazine rings is 1. The van der Waals surface area contributed by atoms with Crippen LogP contribution in [-0.4, -0.2) is 68.9 Å². The Kier molecular flexibility index (Phi) is 4.71. The Balaban J connectivity index is 1.68. The van der Waals surface area contributed by atoms with Gasteiger partial charge in [0.05, 0.1) is 11.1 Å². The lowest BCUT2D eigenvalue weighted by Gasteiger charge is -2.37. The van der Waals surface area contributed by atoms with Crippen molar-refractivity contribution in [3.8, 4) is 0 Å². The van der Waals surface area contributed by atoms with E-state index in [1.165, 1.54) is 18.5 Å². The van der Waals surface area contributed by atoms with Crippen LogP contribution >= 0.6 is 0 Å². The maximum atomic E-state index is 12.9. The summed E-state index contributed by atoms with van der Waals surface area (Å²) in [4.78, 5) is 17.0. The Labute approximate surface area is 150 Å². The summed E-state index contributed by atoms with van der Waals surface area (Å²) in [6.07, 6.45) is 2.40. The van der Waals surface area contributed by atoms with Crippen molar-refractivity contribution in [2.45, 2.75) is 64.5 Å². The molecule has 1 saturated heterocycles. The topological polar surface area (TPSA) is 61.6 Å². The molecule has 1 amide bonds. The van der Waals surface area contributed by atoms with Gasteiger partial charge in [0, 0.05) is 44.3 Å². The average molecular weight is 348 g/mol. The first kappa shape index (κ1) is 18.4. The molecular formula is C19H32N4O2. The van der Waals surface area contributed by atoms with Gasteiger partial charge in [-0.2, -0.15) is 5.10 Å². The highest BCUT2D eigenvalue weighted by Gasteiger charge is 2.34. The van der Waals surface area contributed by atoms with Gasteiger partial charge in [0.15, 0.2) is 5.69 Å². The summed E-state index contributed by atoms with van der Waals surface area (Å²) < 4.78 is 2.04. The number of carbonyl (C=O) groups excluding carboxylic acids is 1. The molecular weight excluding hydrogens is 316 g/mol. The predicted molar refractivity (Wildman–Crippen MR) is 97.8 cm³/mol. The molecule has 1 aromatic rings. The van der Waals surface area contributed by atoms with Crippen LogP contribution in [0.2, 0.25) is 0 Å². The van der Waals surface area contributed by atoms with E-state index in [1.54, 1.807) is 0 Å². The van der Waals surface area contributed by atoms with Gasteiger partial charge in [0.2, 0.25) is 0 Å². The van der Waals surface area contributed by atoms with Gasteiger partial charge >= 0.3 is 0 Å². The van der Waals surface area contributed by atoms with Crippen molar-refractivity contribution in [2.75, 3.05) is 32.7 Å². The number of β-amino-alcohol motifs (C(OH)–C–C–N with tert-alkyl or cyclic N) is 1. The predicted octanol–water partition coefficient (Wildman–Crippen LogP) is 2.04. The molecule has 6 heteroatoms. The number of carbonyl (C=O) groups is 1. The van der Waals surface area contributed by atoms with Crippen molar-refractivity contribution in [3.05, 3.63) is 17.5 Å². The highest BCUT2D eigenvalue weighted by molar-refractivity contribution is 5.92. The molecule has 25 heavy (non-hydrogen) atoms. The Morgan fingerprint density at radius 3 is 2.24 bits per heavy atom. The highest BCUT2D eigenvalue weighted by Crippen LogP contribution is 2.41. The van der Waals surface area contributed by atoms with Gasteiger partial charge in [-0.1, -0.05) is 0 Å². The highest BCUT2D eigenvalue weighted by atomic mass is 16.3. The van der Waals surface area contributed by atoms with Crippen molar-refractivity contribution in [2.24, 2.45) is 0 Å². The maximum absolute atomic E-state index is 12.9. The number of hydrogen-bond donors (Lipinski definition) is 1. The molecule has 1 aliphatic heterocycles. The van der Waals surface area contributed by atoms with Gasteiger partial charge in [-0.15, -0.1) is 0 Å². The van der Waals surface area contributed by atoms with E-state index < -0.39 is 5.60 Å². The summed E-state index contributed by atoms with van der Waals surface area (Å²) >= 11 is 0. The molecule has 0 unspecified atom stereocenters. The summed E-state index contributed by atoms with van der Waals surface area (Å²) in [6, 6.07) is 2.01. The van der Waals surface area contributed by atoms with Crippen LogP contribution in [0.3, 0.4) is 0 Å². The van der Waals surface area contributed by atoms with E-state index >= 15 is 0 Å². The van der Waals surface area contributed by atoms with E-state index in [0.717, 1.165) is 13.1 Å². The summed E-state index contributed by atoms with van der Waals surface area (Å²) in [5.74, 6) is 0.602. The van der Waals surface area contributed by atoms with E-state index in [1.807, 2.05) is 29.5 Å². The van der Waals surface area contributed by atoms with Gasteiger partial charge in [-0.3, -0.25) is 14.4 Å². The van der Waals surface area contributed by atoms with Crippen LogP contribution in [-0.2, 0) is 5.54 Å². The number of aromatic nitrogens is 2. The number of amides is 1. The molecule has 0 atom stereocenters. The van der Waals surface area contributed by atoms with Crippen LogP contribution in [0.5, 0.6) is 0 Å². The van der Waals surface area contributed by atoms with Gasteiger partial charge < -0.3 is 10.0 Å². The van der Waals surface area contributed by atoms with Crippen molar-refractivity contribution in [1.29, 1.82) is 0 Å². The minimum absolute atomic E-state index is 0.0350. The second-order valence-corrected chi connectivity index (χ2v) is 9.19. The van der Waals surface area contributed by atoms with Gasteiger partial charge in [0.1, 0.15) is 0 Å². The monoisotopic (exact) mass is 348 g/mol. The van der Waals surface area contributed by atoms with Crippen LogP contribution in [0.15, 0.2) is 6.07 Å². The van der Waals surface area contributed by atoms with E-state index in [2.05, 4.69) is 30.8 Å². The quantitative estimate of drug-likeness (QED) is 0.905. The van der Waals surface area contributed by atoms with Gasteiger partial charge in [-0.05, 0) is 53.5 Å². The van der Waals surface area contributed by atoms with Crippen molar-refractivity contribution in [3.63, 3.8) is 0 Å². The summed E-state index contributed by atoms with van der Waals surface area (Å²) in [5.41, 5.74) is 0.975. The molecule has 140 valence electrons. The number of nitrogens with zero attached hydrogens (tertiary/aromatic N) is 4. The largest absolute Gasteiger partial charge is 0.389 e. The normalized spacial score (nSPS) is 20.2. The lowest BCUT2D eigenvalue weighted by Crippen LogP contribution is -2.52. The zero-order valence-electron chi connectivity index (χ0n) is 16.2.